The standard InChI is InChI=1S/C14H15BrN2/c1-9(2)13-8-10(3)16-14(17-13)11-4-6-12(15)7-5-11/h4-9H,1-3H3. The maximum atomic E-state index is 4.61. The molecule has 0 unspecified atom stereocenters. The molecule has 0 bridgehead atoms. The number of rotatable bonds is 2. The molecular weight excluding hydrogens is 276 g/mol. The van der Waals surface area contributed by atoms with Gasteiger partial charge in [0, 0.05) is 21.4 Å². The zero-order chi connectivity index (χ0) is 12.4. The largest absolute Gasteiger partial charge is 0.233 e. The summed E-state index contributed by atoms with van der Waals surface area (Å²) in [7, 11) is 0. The Balaban J connectivity index is 2.48. The highest BCUT2D eigenvalue weighted by Crippen LogP contribution is 2.21. The molecule has 0 fully saturated rings. The van der Waals surface area contributed by atoms with Crippen molar-refractivity contribution in [3.8, 4) is 11.4 Å². The third-order valence-electron chi connectivity index (χ3n) is 2.57. The van der Waals surface area contributed by atoms with Gasteiger partial charge in [0.15, 0.2) is 5.82 Å². The summed E-state index contributed by atoms with van der Waals surface area (Å²) in [5.41, 5.74) is 3.16. The van der Waals surface area contributed by atoms with Crippen LogP contribution in [-0.2, 0) is 0 Å². The monoisotopic (exact) mass is 290 g/mol. The van der Waals surface area contributed by atoms with Crippen LogP contribution in [0.2, 0.25) is 0 Å². The molecule has 2 aromatic rings. The summed E-state index contributed by atoms with van der Waals surface area (Å²) in [5, 5.41) is 0. The van der Waals surface area contributed by atoms with Crippen LogP contribution in [0.4, 0.5) is 0 Å². The van der Waals surface area contributed by atoms with Crippen molar-refractivity contribution in [3.05, 3.63) is 46.2 Å². The Morgan fingerprint density at radius 2 is 1.71 bits per heavy atom. The van der Waals surface area contributed by atoms with E-state index >= 15 is 0 Å². The SMILES string of the molecule is Cc1cc(C(C)C)nc(-c2ccc(Br)cc2)n1. The van der Waals surface area contributed by atoms with Gasteiger partial charge in [-0.15, -0.1) is 0 Å². The van der Waals surface area contributed by atoms with Crippen LogP contribution < -0.4 is 0 Å². The number of aryl methyl sites for hydroxylation is 1. The Hall–Kier alpha value is -1.22. The Bertz CT molecular complexity index is 518. The second-order valence-corrected chi connectivity index (χ2v) is 5.34. The zero-order valence-corrected chi connectivity index (χ0v) is 11.8. The molecule has 1 heterocycles. The third-order valence-corrected chi connectivity index (χ3v) is 3.10. The van der Waals surface area contributed by atoms with E-state index in [1.807, 2.05) is 37.3 Å². The van der Waals surface area contributed by atoms with E-state index in [9.17, 15) is 0 Å². The van der Waals surface area contributed by atoms with Crippen molar-refractivity contribution in [2.45, 2.75) is 26.7 Å². The number of hydrogen-bond donors (Lipinski definition) is 0. The molecule has 0 spiro atoms. The molecule has 17 heavy (non-hydrogen) atoms. The molecular formula is C14H15BrN2. The molecule has 0 amide bonds. The predicted molar refractivity (Wildman–Crippen MR) is 74.0 cm³/mol. The van der Waals surface area contributed by atoms with E-state index in [0.717, 1.165) is 27.2 Å². The number of nitrogens with zero attached hydrogens (tertiary/aromatic N) is 2. The summed E-state index contributed by atoms with van der Waals surface area (Å²) in [6.45, 7) is 6.30. The fourth-order valence-electron chi connectivity index (χ4n) is 1.62. The fraction of sp³-hybridized carbons (Fsp3) is 0.286. The topological polar surface area (TPSA) is 25.8 Å². The molecule has 2 nitrogen and oxygen atoms in total. The van der Waals surface area contributed by atoms with Crippen LogP contribution in [0.15, 0.2) is 34.8 Å². The summed E-state index contributed by atoms with van der Waals surface area (Å²) in [5.74, 6) is 1.23. The van der Waals surface area contributed by atoms with Gasteiger partial charge in [-0.2, -0.15) is 0 Å². The summed E-state index contributed by atoms with van der Waals surface area (Å²) < 4.78 is 1.07. The summed E-state index contributed by atoms with van der Waals surface area (Å²) >= 11 is 3.43. The van der Waals surface area contributed by atoms with Crippen molar-refractivity contribution >= 4 is 15.9 Å². The first-order valence-corrected chi connectivity index (χ1v) is 6.47. The molecule has 88 valence electrons. The normalized spacial score (nSPS) is 10.9. The summed E-state index contributed by atoms with van der Waals surface area (Å²) in [6.07, 6.45) is 0. The minimum atomic E-state index is 0.422. The van der Waals surface area contributed by atoms with Crippen LogP contribution in [0.1, 0.15) is 31.2 Å². The van der Waals surface area contributed by atoms with Crippen molar-refractivity contribution < 1.29 is 0 Å². The van der Waals surface area contributed by atoms with Crippen molar-refractivity contribution in [2.75, 3.05) is 0 Å². The molecule has 0 aliphatic rings. The van der Waals surface area contributed by atoms with Crippen molar-refractivity contribution in [1.29, 1.82) is 0 Å². The van der Waals surface area contributed by atoms with Crippen LogP contribution in [0, 0.1) is 6.92 Å². The lowest BCUT2D eigenvalue weighted by Gasteiger charge is -2.08. The highest BCUT2D eigenvalue weighted by Gasteiger charge is 2.07. The molecule has 0 saturated carbocycles. The third kappa shape index (κ3) is 2.91. The van der Waals surface area contributed by atoms with Crippen LogP contribution in [-0.4, -0.2) is 9.97 Å². The Morgan fingerprint density at radius 1 is 1.06 bits per heavy atom. The summed E-state index contributed by atoms with van der Waals surface area (Å²) in [6, 6.07) is 10.1. The van der Waals surface area contributed by atoms with E-state index < -0.39 is 0 Å². The first kappa shape index (κ1) is 12.2. The molecule has 0 saturated heterocycles. The quantitative estimate of drug-likeness (QED) is 0.822. The van der Waals surface area contributed by atoms with E-state index in [1.165, 1.54) is 0 Å². The molecule has 0 radical (unpaired) electrons. The Kier molecular flexibility index (Phi) is 3.57. The second kappa shape index (κ2) is 4.96. The maximum absolute atomic E-state index is 4.61. The van der Waals surface area contributed by atoms with Gasteiger partial charge < -0.3 is 0 Å². The van der Waals surface area contributed by atoms with Crippen LogP contribution in [0.25, 0.3) is 11.4 Å². The van der Waals surface area contributed by atoms with E-state index in [2.05, 4.69) is 39.7 Å². The van der Waals surface area contributed by atoms with Gasteiger partial charge in [-0.1, -0.05) is 41.9 Å². The Morgan fingerprint density at radius 3 is 2.29 bits per heavy atom. The zero-order valence-electron chi connectivity index (χ0n) is 10.2. The van der Waals surface area contributed by atoms with Gasteiger partial charge >= 0.3 is 0 Å². The van der Waals surface area contributed by atoms with E-state index in [-0.39, 0.29) is 0 Å². The minimum Gasteiger partial charge on any atom is -0.233 e. The molecule has 0 aliphatic heterocycles. The van der Waals surface area contributed by atoms with Crippen molar-refractivity contribution in [2.24, 2.45) is 0 Å². The van der Waals surface area contributed by atoms with Gasteiger partial charge in [0.2, 0.25) is 0 Å². The van der Waals surface area contributed by atoms with Gasteiger partial charge in [-0.05, 0) is 31.0 Å². The molecule has 2 rings (SSSR count). The van der Waals surface area contributed by atoms with Gasteiger partial charge in [-0.3, -0.25) is 0 Å². The predicted octanol–water partition coefficient (Wildman–Crippen LogP) is 4.34. The average Bonchev–Trinajstić information content (AvgIpc) is 2.29. The first-order valence-electron chi connectivity index (χ1n) is 5.68. The lowest BCUT2D eigenvalue weighted by molar-refractivity contribution is 0.812. The number of hydrogen-bond acceptors (Lipinski definition) is 2. The highest BCUT2D eigenvalue weighted by atomic mass is 79.9. The molecule has 1 aromatic heterocycles. The van der Waals surface area contributed by atoms with Crippen LogP contribution >= 0.6 is 15.9 Å². The Labute approximate surface area is 110 Å². The number of benzene rings is 1. The molecule has 3 heteroatoms. The average molecular weight is 291 g/mol. The lowest BCUT2D eigenvalue weighted by atomic mass is 10.1. The van der Waals surface area contributed by atoms with Crippen LogP contribution in [0.5, 0.6) is 0 Å². The van der Waals surface area contributed by atoms with Gasteiger partial charge in [0.25, 0.3) is 0 Å². The van der Waals surface area contributed by atoms with E-state index in [4.69, 9.17) is 0 Å². The lowest BCUT2D eigenvalue weighted by Crippen LogP contribution is -1.99. The number of aromatic nitrogens is 2. The maximum Gasteiger partial charge on any atom is 0.159 e. The minimum absolute atomic E-state index is 0.422. The second-order valence-electron chi connectivity index (χ2n) is 4.42. The molecule has 0 atom stereocenters. The van der Waals surface area contributed by atoms with Gasteiger partial charge in [-0.25, -0.2) is 9.97 Å². The summed E-state index contributed by atoms with van der Waals surface area (Å²) in [4.78, 5) is 9.10. The van der Waals surface area contributed by atoms with Crippen LogP contribution in [0.3, 0.4) is 0 Å². The van der Waals surface area contributed by atoms with Crippen molar-refractivity contribution in [3.63, 3.8) is 0 Å². The van der Waals surface area contributed by atoms with Crippen molar-refractivity contribution in [1.82, 2.24) is 9.97 Å². The van der Waals surface area contributed by atoms with E-state index in [1.54, 1.807) is 0 Å². The first-order chi connectivity index (χ1) is 8.06. The number of halogens is 1. The molecule has 1 aromatic carbocycles. The highest BCUT2D eigenvalue weighted by molar-refractivity contribution is 9.10. The molecule has 0 aliphatic carbocycles. The van der Waals surface area contributed by atoms with Gasteiger partial charge in [0.05, 0.1) is 0 Å². The van der Waals surface area contributed by atoms with E-state index in [0.29, 0.717) is 5.92 Å². The van der Waals surface area contributed by atoms with Gasteiger partial charge in [0.1, 0.15) is 0 Å². The molecule has 0 N–H and O–H groups in total. The smallest absolute Gasteiger partial charge is 0.159 e. The fourth-order valence-corrected chi connectivity index (χ4v) is 1.88.